The molecule has 4 heteroatoms. The molecule has 4 aliphatic carbocycles. The summed E-state index contributed by atoms with van der Waals surface area (Å²) >= 11 is 0. The molecule has 1 saturated heterocycles. The normalized spacial score (nSPS) is 41.6. The van der Waals surface area contributed by atoms with E-state index in [0.717, 1.165) is 18.9 Å². The number of rotatable bonds is 2. The van der Waals surface area contributed by atoms with E-state index in [0.29, 0.717) is 30.2 Å². The summed E-state index contributed by atoms with van der Waals surface area (Å²) in [6, 6.07) is 0.616. The highest BCUT2D eigenvalue weighted by Crippen LogP contribution is 2.53. The van der Waals surface area contributed by atoms with Crippen molar-refractivity contribution in [3.05, 3.63) is 34.9 Å². The van der Waals surface area contributed by atoms with E-state index in [1.807, 2.05) is 6.92 Å². The second kappa shape index (κ2) is 6.10. The van der Waals surface area contributed by atoms with Crippen LogP contribution >= 0.6 is 0 Å². The van der Waals surface area contributed by atoms with Crippen molar-refractivity contribution in [2.75, 3.05) is 6.54 Å². The van der Waals surface area contributed by atoms with Gasteiger partial charge in [0.15, 0.2) is 0 Å². The summed E-state index contributed by atoms with van der Waals surface area (Å²) in [5.41, 5.74) is 11.4. The van der Waals surface area contributed by atoms with Gasteiger partial charge in [0.2, 0.25) is 0 Å². The average Bonchev–Trinajstić information content (AvgIpc) is 3.26. The highest BCUT2D eigenvalue weighted by atomic mass is 16.5. The SMILES string of the molecule is CCC(=O)OC1CCC2C1=CC=C1C3=CC4CNNC4CC3CCC12. The number of fused-ring (bicyclic) bond motifs is 6. The molecule has 0 aromatic rings. The number of nitrogens with one attached hydrogen (secondary N) is 2. The molecule has 5 aliphatic rings. The molecule has 6 unspecified atom stereocenters. The molecular weight excluding hydrogens is 312 g/mol. The van der Waals surface area contributed by atoms with E-state index in [1.165, 1.54) is 31.3 Å². The number of hydrazine groups is 1. The van der Waals surface area contributed by atoms with Gasteiger partial charge in [-0.15, -0.1) is 0 Å². The predicted octanol–water partition coefficient (Wildman–Crippen LogP) is 3.03. The van der Waals surface area contributed by atoms with Crippen LogP contribution in [0.5, 0.6) is 0 Å². The average molecular weight is 340 g/mol. The maximum absolute atomic E-state index is 11.7. The largest absolute Gasteiger partial charge is 0.458 e. The van der Waals surface area contributed by atoms with Crippen molar-refractivity contribution in [3.8, 4) is 0 Å². The van der Waals surface area contributed by atoms with Gasteiger partial charge in [0.25, 0.3) is 0 Å². The Morgan fingerprint density at radius 2 is 2.04 bits per heavy atom. The Balaban J connectivity index is 1.44. The summed E-state index contributed by atoms with van der Waals surface area (Å²) in [5.74, 6) is 2.53. The van der Waals surface area contributed by atoms with Gasteiger partial charge in [-0.3, -0.25) is 15.6 Å². The van der Waals surface area contributed by atoms with E-state index in [4.69, 9.17) is 4.74 Å². The molecule has 25 heavy (non-hydrogen) atoms. The van der Waals surface area contributed by atoms with Gasteiger partial charge in [-0.25, -0.2) is 0 Å². The lowest BCUT2D eigenvalue weighted by molar-refractivity contribution is -0.146. The zero-order valence-corrected chi connectivity index (χ0v) is 15.0. The van der Waals surface area contributed by atoms with Crippen molar-refractivity contribution in [1.82, 2.24) is 10.9 Å². The molecule has 2 saturated carbocycles. The van der Waals surface area contributed by atoms with Gasteiger partial charge in [-0.1, -0.05) is 25.2 Å². The Hall–Kier alpha value is -1.39. The number of carbonyl (C=O) groups excluding carboxylic acids is 1. The fourth-order valence-corrected chi connectivity index (χ4v) is 5.88. The molecule has 6 atom stereocenters. The lowest BCUT2D eigenvalue weighted by Gasteiger charge is -2.43. The van der Waals surface area contributed by atoms with E-state index in [-0.39, 0.29) is 12.1 Å². The number of ether oxygens (including phenoxy) is 1. The maximum Gasteiger partial charge on any atom is 0.306 e. The fourth-order valence-electron chi connectivity index (χ4n) is 5.88. The third-order valence-corrected chi connectivity index (χ3v) is 7.12. The van der Waals surface area contributed by atoms with Crippen molar-refractivity contribution >= 4 is 5.97 Å². The fraction of sp³-hybridized carbons (Fsp3) is 0.667. The Kier molecular flexibility index (Phi) is 3.86. The summed E-state index contributed by atoms with van der Waals surface area (Å²) in [4.78, 5) is 11.7. The number of hydrogen-bond acceptors (Lipinski definition) is 4. The lowest BCUT2D eigenvalue weighted by atomic mass is 9.62. The van der Waals surface area contributed by atoms with Crippen LogP contribution in [0.15, 0.2) is 34.9 Å². The molecule has 0 aromatic heterocycles. The first-order valence-electron chi connectivity index (χ1n) is 10.1. The topological polar surface area (TPSA) is 50.4 Å². The molecule has 4 nitrogen and oxygen atoms in total. The molecule has 1 aliphatic heterocycles. The van der Waals surface area contributed by atoms with Crippen molar-refractivity contribution < 1.29 is 9.53 Å². The number of carbonyl (C=O) groups is 1. The van der Waals surface area contributed by atoms with Crippen molar-refractivity contribution in [2.24, 2.45) is 23.7 Å². The Labute approximate surface area is 149 Å². The first kappa shape index (κ1) is 15.8. The highest BCUT2D eigenvalue weighted by molar-refractivity contribution is 5.69. The third-order valence-electron chi connectivity index (χ3n) is 7.12. The van der Waals surface area contributed by atoms with Crippen molar-refractivity contribution in [1.29, 1.82) is 0 Å². The van der Waals surface area contributed by atoms with Crippen LogP contribution in [0.25, 0.3) is 0 Å². The standard InChI is InChI=1S/C21H28N2O2/c1-2-21(24)25-20-8-7-15-14-4-3-12-10-19-13(11-22-23-19)9-18(12)16(14)5-6-17(15)20/h5-6,9,12-15,19-20,22-23H,2-4,7-8,10-11H2,1H3. The smallest absolute Gasteiger partial charge is 0.306 e. The molecule has 1 heterocycles. The van der Waals surface area contributed by atoms with Gasteiger partial charge in [-0.05, 0) is 66.6 Å². The molecule has 0 bridgehead atoms. The summed E-state index contributed by atoms with van der Waals surface area (Å²) < 4.78 is 5.71. The van der Waals surface area contributed by atoms with Crippen LogP contribution in [0.3, 0.4) is 0 Å². The van der Waals surface area contributed by atoms with Gasteiger partial charge in [0, 0.05) is 24.9 Å². The monoisotopic (exact) mass is 340 g/mol. The van der Waals surface area contributed by atoms with Gasteiger partial charge in [0.1, 0.15) is 6.10 Å². The van der Waals surface area contributed by atoms with Crippen LogP contribution < -0.4 is 10.9 Å². The van der Waals surface area contributed by atoms with Gasteiger partial charge >= 0.3 is 5.97 Å². The van der Waals surface area contributed by atoms with Crippen molar-refractivity contribution in [2.45, 2.75) is 57.6 Å². The van der Waals surface area contributed by atoms with Gasteiger partial charge in [0.05, 0.1) is 0 Å². The van der Waals surface area contributed by atoms with Crippen LogP contribution in [-0.2, 0) is 9.53 Å². The number of hydrogen-bond donors (Lipinski definition) is 2. The minimum absolute atomic E-state index is 0.0286. The molecule has 2 N–H and O–H groups in total. The summed E-state index contributed by atoms with van der Waals surface area (Å²) in [6.45, 7) is 2.93. The Morgan fingerprint density at radius 3 is 2.92 bits per heavy atom. The van der Waals surface area contributed by atoms with Crippen LogP contribution in [0.1, 0.15) is 45.4 Å². The van der Waals surface area contributed by atoms with Crippen LogP contribution in [0.4, 0.5) is 0 Å². The summed E-state index contributed by atoms with van der Waals surface area (Å²) in [7, 11) is 0. The van der Waals surface area contributed by atoms with E-state index in [1.54, 1.807) is 11.1 Å². The maximum atomic E-state index is 11.7. The van der Waals surface area contributed by atoms with Gasteiger partial charge < -0.3 is 4.74 Å². The molecule has 0 radical (unpaired) electrons. The minimum atomic E-state index is -0.0627. The van der Waals surface area contributed by atoms with Gasteiger partial charge in [-0.2, -0.15) is 0 Å². The molecule has 5 rings (SSSR count). The summed E-state index contributed by atoms with van der Waals surface area (Å²) in [6.07, 6.45) is 13.7. The third kappa shape index (κ3) is 2.53. The number of esters is 1. The zero-order valence-electron chi connectivity index (χ0n) is 15.0. The van der Waals surface area contributed by atoms with E-state index < -0.39 is 0 Å². The lowest BCUT2D eigenvalue weighted by Crippen LogP contribution is -2.39. The van der Waals surface area contributed by atoms with Crippen LogP contribution in [-0.4, -0.2) is 24.7 Å². The highest BCUT2D eigenvalue weighted by Gasteiger charge is 2.45. The quantitative estimate of drug-likeness (QED) is 0.759. The molecule has 0 amide bonds. The second-order valence-corrected chi connectivity index (χ2v) is 8.34. The van der Waals surface area contributed by atoms with Crippen molar-refractivity contribution in [3.63, 3.8) is 0 Å². The predicted molar refractivity (Wildman–Crippen MR) is 96.4 cm³/mol. The summed E-state index contributed by atoms with van der Waals surface area (Å²) in [5, 5.41) is 0. The molecule has 0 spiro atoms. The first-order valence-corrected chi connectivity index (χ1v) is 10.1. The second-order valence-electron chi connectivity index (χ2n) is 8.34. The molecular formula is C21H28N2O2. The Bertz CT molecular complexity index is 677. The zero-order chi connectivity index (χ0) is 17.0. The molecule has 3 fully saturated rings. The van der Waals surface area contributed by atoms with Crippen LogP contribution in [0.2, 0.25) is 0 Å². The minimum Gasteiger partial charge on any atom is -0.458 e. The molecule has 0 aromatic carbocycles. The first-order chi connectivity index (χ1) is 12.2. The van der Waals surface area contributed by atoms with E-state index in [9.17, 15) is 4.79 Å². The van der Waals surface area contributed by atoms with E-state index >= 15 is 0 Å². The number of allylic oxidation sites excluding steroid dienone is 4. The van der Waals surface area contributed by atoms with Crippen LogP contribution in [0, 0.1) is 23.7 Å². The Morgan fingerprint density at radius 1 is 1.16 bits per heavy atom. The molecule has 134 valence electrons. The van der Waals surface area contributed by atoms with E-state index in [2.05, 4.69) is 29.1 Å².